The summed E-state index contributed by atoms with van der Waals surface area (Å²) in [5, 5.41) is 2.78. The monoisotopic (exact) mass is 454 g/mol. The SMILES string of the molecule is COC(OC)c1cccc(C(=O)N2CCC[C@H]2C(=O)N[C@@H](Cc2ccccc2)C(=O)NN)c1. The number of nitrogens with one attached hydrogen (secondary N) is 2. The highest BCUT2D eigenvalue weighted by Gasteiger charge is 2.36. The fourth-order valence-corrected chi connectivity index (χ4v) is 4.06. The number of benzene rings is 2. The molecule has 9 nitrogen and oxygen atoms in total. The van der Waals surface area contributed by atoms with Gasteiger partial charge in [0.1, 0.15) is 12.1 Å². The largest absolute Gasteiger partial charge is 0.352 e. The van der Waals surface area contributed by atoms with Gasteiger partial charge >= 0.3 is 0 Å². The maximum absolute atomic E-state index is 13.2. The van der Waals surface area contributed by atoms with Crippen LogP contribution in [-0.2, 0) is 25.5 Å². The Morgan fingerprint density at radius 2 is 1.82 bits per heavy atom. The van der Waals surface area contributed by atoms with Gasteiger partial charge in [0.15, 0.2) is 6.29 Å². The van der Waals surface area contributed by atoms with Crippen LogP contribution in [0, 0.1) is 0 Å². The molecule has 0 radical (unpaired) electrons. The van der Waals surface area contributed by atoms with Crippen LogP contribution in [0.4, 0.5) is 0 Å². The van der Waals surface area contributed by atoms with E-state index in [1.165, 1.54) is 14.2 Å². The highest BCUT2D eigenvalue weighted by atomic mass is 16.7. The second-order valence-corrected chi connectivity index (χ2v) is 7.84. The van der Waals surface area contributed by atoms with E-state index in [4.69, 9.17) is 15.3 Å². The number of carbonyl (C=O) groups excluding carboxylic acids is 3. The molecule has 1 aliphatic rings. The first-order chi connectivity index (χ1) is 16.0. The molecule has 1 aliphatic heterocycles. The standard InChI is InChI=1S/C24H30N4O5/c1-32-24(33-2)18-11-6-10-17(15-18)23(31)28-13-7-12-20(28)22(30)26-19(21(29)27-25)14-16-8-4-3-5-9-16/h3-6,8-11,15,19-20,24H,7,12-14,25H2,1-2H3,(H,26,30)(H,27,29)/t19-,20-/m0/s1. The Morgan fingerprint density at radius 3 is 2.48 bits per heavy atom. The van der Waals surface area contributed by atoms with Crippen molar-refractivity contribution < 1.29 is 23.9 Å². The maximum atomic E-state index is 13.2. The summed E-state index contributed by atoms with van der Waals surface area (Å²) in [6.45, 7) is 0.450. The molecule has 0 bridgehead atoms. The van der Waals surface area contributed by atoms with Gasteiger partial charge in [0.25, 0.3) is 11.8 Å². The van der Waals surface area contributed by atoms with E-state index in [0.29, 0.717) is 30.5 Å². The Hall–Kier alpha value is -3.27. The molecule has 2 aromatic carbocycles. The topological polar surface area (TPSA) is 123 Å². The van der Waals surface area contributed by atoms with Crippen LogP contribution in [0.25, 0.3) is 0 Å². The molecule has 3 amide bonds. The highest BCUT2D eigenvalue weighted by molar-refractivity contribution is 5.99. The summed E-state index contributed by atoms with van der Waals surface area (Å²) in [4.78, 5) is 40.2. The van der Waals surface area contributed by atoms with Crippen molar-refractivity contribution >= 4 is 17.7 Å². The molecule has 1 heterocycles. The Balaban J connectivity index is 1.74. The van der Waals surface area contributed by atoms with E-state index in [-0.39, 0.29) is 18.2 Å². The zero-order chi connectivity index (χ0) is 23.8. The third-order valence-electron chi connectivity index (χ3n) is 5.71. The van der Waals surface area contributed by atoms with Crippen LogP contribution in [0.2, 0.25) is 0 Å². The number of methoxy groups -OCH3 is 2. The molecular weight excluding hydrogens is 424 g/mol. The molecule has 176 valence electrons. The van der Waals surface area contributed by atoms with Crippen molar-refractivity contribution in [1.82, 2.24) is 15.6 Å². The summed E-state index contributed by atoms with van der Waals surface area (Å²) in [5.41, 5.74) is 4.13. The van der Waals surface area contributed by atoms with Crippen molar-refractivity contribution in [3.05, 3.63) is 71.3 Å². The molecule has 0 aromatic heterocycles. The van der Waals surface area contributed by atoms with Crippen molar-refractivity contribution in [2.24, 2.45) is 5.84 Å². The van der Waals surface area contributed by atoms with E-state index >= 15 is 0 Å². The quantitative estimate of drug-likeness (QED) is 0.227. The van der Waals surface area contributed by atoms with E-state index in [2.05, 4.69) is 10.7 Å². The molecule has 33 heavy (non-hydrogen) atoms. The van der Waals surface area contributed by atoms with E-state index in [1.54, 1.807) is 23.1 Å². The summed E-state index contributed by atoms with van der Waals surface area (Å²) in [7, 11) is 3.04. The summed E-state index contributed by atoms with van der Waals surface area (Å²) < 4.78 is 10.5. The van der Waals surface area contributed by atoms with Crippen LogP contribution < -0.4 is 16.6 Å². The Kier molecular flexibility index (Phi) is 8.53. The molecule has 9 heteroatoms. The van der Waals surface area contributed by atoms with E-state index < -0.39 is 24.3 Å². The number of rotatable bonds is 9. The third-order valence-corrected chi connectivity index (χ3v) is 5.71. The predicted molar refractivity (Wildman–Crippen MR) is 122 cm³/mol. The number of ether oxygens (including phenoxy) is 2. The number of likely N-dealkylation sites (tertiary alicyclic amines) is 1. The molecule has 3 rings (SSSR count). The smallest absolute Gasteiger partial charge is 0.256 e. The minimum atomic E-state index is -0.852. The van der Waals surface area contributed by atoms with E-state index in [0.717, 1.165) is 5.56 Å². The van der Waals surface area contributed by atoms with Crippen molar-refractivity contribution in [3.63, 3.8) is 0 Å². The Bertz CT molecular complexity index is 964. The molecule has 1 saturated heterocycles. The first-order valence-electron chi connectivity index (χ1n) is 10.8. The van der Waals surface area contributed by atoms with Crippen molar-refractivity contribution in [3.8, 4) is 0 Å². The number of hydrogen-bond donors (Lipinski definition) is 3. The normalized spacial score (nSPS) is 16.5. The van der Waals surface area contributed by atoms with Gasteiger partial charge in [-0.05, 0) is 30.5 Å². The number of amides is 3. The molecule has 4 N–H and O–H groups in total. The molecule has 0 spiro atoms. The van der Waals surface area contributed by atoms with Crippen molar-refractivity contribution in [2.75, 3.05) is 20.8 Å². The number of hydrazine groups is 1. The van der Waals surface area contributed by atoms with E-state index in [1.807, 2.05) is 36.4 Å². The van der Waals surface area contributed by atoms with E-state index in [9.17, 15) is 14.4 Å². The maximum Gasteiger partial charge on any atom is 0.256 e. The van der Waals surface area contributed by atoms with Gasteiger partial charge < -0.3 is 19.7 Å². The Labute approximate surface area is 193 Å². The number of hydrogen-bond acceptors (Lipinski definition) is 6. The molecule has 2 atom stereocenters. The lowest BCUT2D eigenvalue weighted by Crippen LogP contribution is -2.54. The first kappa shape index (κ1) is 24.4. The molecule has 0 saturated carbocycles. The second kappa shape index (κ2) is 11.6. The van der Waals surface area contributed by atoms with Gasteiger partial charge in [-0.25, -0.2) is 5.84 Å². The lowest BCUT2D eigenvalue weighted by molar-refractivity contribution is -0.131. The zero-order valence-electron chi connectivity index (χ0n) is 18.8. The van der Waals surface area contributed by atoms with Gasteiger partial charge in [-0.3, -0.25) is 19.8 Å². The second-order valence-electron chi connectivity index (χ2n) is 7.84. The molecule has 1 fully saturated rings. The van der Waals surface area contributed by atoms with Gasteiger partial charge in [0.05, 0.1) is 0 Å². The first-order valence-corrected chi connectivity index (χ1v) is 10.8. The minimum absolute atomic E-state index is 0.261. The van der Waals surface area contributed by atoms with Crippen LogP contribution in [0.15, 0.2) is 54.6 Å². The molecular formula is C24H30N4O5. The van der Waals surface area contributed by atoms with Crippen LogP contribution >= 0.6 is 0 Å². The average molecular weight is 455 g/mol. The van der Waals surface area contributed by atoms with Crippen LogP contribution in [0.3, 0.4) is 0 Å². The minimum Gasteiger partial charge on any atom is -0.352 e. The van der Waals surface area contributed by atoms with Gasteiger partial charge in [0, 0.05) is 38.3 Å². The molecule has 0 aliphatic carbocycles. The van der Waals surface area contributed by atoms with Gasteiger partial charge in [-0.15, -0.1) is 0 Å². The summed E-state index contributed by atoms with van der Waals surface area (Å²) in [6.07, 6.45) is 0.893. The van der Waals surface area contributed by atoms with Gasteiger partial charge in [-0.2, -0.15) is 0 Å². The third kappa shape index (κ3) is 5.95. The summed E-state index contributed by atoms with van der Waals surface area (Å²) in [6, 6.07) is 14.8. The fourth-order valence-electron chi connectivity index (χ4n) is 4.06. The Morgan fingerprint density at radius 1 is 1.09 bits per heavy atom. The fraction of sp³-hybridized carbons (Fsp3) is 0.375. The highest BCUT2D eigenvalue weighted by Crippen LogP contribution is 2.23. The lowest BCUT2D eigenvalue weighted by Gasteiger charge is -2.26. The van der Waals surface area contributed by atoms with Crippen LogP contribution in [0.1, 0.15) is 40.6 Å². The van der Waals surface area contributed by atoms with Gasteiger partial charge in [0.2, 0.25) is 5.91 Å². The molecule has 0 unspecified atom stereocenters. The number of carbonyl (C=O) groups is 3. The molecule has 2 aromatic rings. The number of nitrogens with zero attached hydrogens (tertiary/aromatic N) is 1. The number of nitrogens with two attached hydrogens (primary N) is 1. The van der Waals surface area contributed by atoms with Crippen molar-refractivity contribution in [2.45, 2.75) is 37.6 Å². The van der Waals surface area contributed by atoms with Gasteiger partial charge in [-0.1, -0.05) is 42.5 Å². The van der Waals surface area contributed by atoms with Crippen LogP contribution in [-0.4, -0.2) is 55.5 Å². The average Bonchev–Trinajstić information content (AvgIpc) is 3.34. The lowest BCUT2D eigenvalue weighted by atomic mass is 10.0. The predicted octanol–water partition coefficient (Wildman–Crippen LogP) is 1.30. The zero-order valence-corrected chi connectivity index (χ0v) is 18.8. The summed E-state index contributed by atoms with van der Waals surface area (Å²) in [5.74, 6) is 4.19. The summed E-state index contributed by atoms with van der Waals surface area (Å²) >= 11 is 0. The van der Waals surface area contributed by atoms with Crippen molar-refractivity contribution in [1.29, 1.82) is 0 Å². The van der Waals surface area contributed by atoms with Crippen LogP contribution in [0.5, 0.6) is 0 Å².